The quantitative estimate of drug-likeness (QED) is 0.821. The average Bonchev–Trinajstić information content (AvgIpc) is 2.73. The second-order valence-corrected chi connectivity index (χ2v) is 8.59. The van der Waals surface area contributed by atoms with Crippen LogP contribution in [0.1, 0.15) is 25.0 Å². The molecule has 2 aliphatic heterocycles. The highest BCUT2D eigenvalue weighted by Gasteiger charge is 2.41. The molecule has 1 saturated heterocycles. The van der Waals surface area contributed by atoms with E-state index in [1.54, 1.807) is 7.11 Å². The minimum Gasteiger partial charge on any atom is -0.497 e. The third-order valence-corrected chi connectivity index (χ3v) is 6.10. The van der Waals surface area contributed by atoms with Crippen LogP contribution in [0, 0.1) is 11.7 Å². The third kappa shape index (κ3) is 4.29. The number of piperazine rings is 1. The number of methoxy groups -OCH3 is 1. The van der Waals surface area contributed by atoms with Crippen molar-refractivity contribution in [3.63, 3.8) is 0 Å². The van der Waals surface area contributed by atoms with E-state index in [4.69, 9.17) is 4.74 Å². The monoisotopic (exact) mass is 411 g/mol. The fourth-order valence-electron chi connectivity index (χ4n) is 4.65. The first kappa shape index (κ1) is 20.7. The third-order valence-electron chi connectivity index (χ3n) is 6.10. The van der Waals surface area contributed by atoms with E-state index in [1.807, 2.05) is 32.0 Å². The van der Waals surface area contributed by atoms with Gasteiger partial charge in [0, 0.05) is 44.0 Å². The van der Waals surface area contributed by atoms with Crippen LogP contribution in [0.2, 0.25) is 0 Å². The summed E-state index contributed by atoms with van der Waals surface area (Å²) in [5, 5.41) is 3.12. The first-order valence-corrected chi connectivity index (χ1v) is 10.7. The Bertz CT molecular complexity index is 900. The maximum Gasteiger partial charge on any atom is 0.225 e. The summed E-state index contributed by atoms with van der Waals surface area (Å²) in [6.45, 7) is 7.29. The molecule has 2 aromatic rings. The number of carbonyl (C=O) groups is 1. The van der Waals surface area contributed by atoms with Gasteiger partial charge in [-0.15, -0.1) is 0 Å². The van der Waals surface area contributed by atoms with E-state index in [9.17, 15) is 9.18 Å². The van der Waals surface area contributed by atoms with E-state index in [1.165, 1.54) is 23.4 Å². The van der Waals surface area contributed by atoms with Crippen molar-refractivity contribution in [2.75, 3.05) is 31.6 Å². The molecule has 2 aliphatic rings. The van der Waals surface area contributed by atoms with Crippen LogP contribution < -0.4 is 15.0 Å². The summed E-state index contributed by atoms with van der Waals surface area (Å²) in [7, 11) is 1.68. The summed E-state index contributed by atoms with van der Waals surface area (Å²) in [6, 6.07) is 13.1. The first-order valence-electron chi connectivity index (χ1n) is 10.7. The smallest absolute Gasteiger partial charge is 0.225 e. The van der Waals surface area contributed by atoms with Crippen LogP contribution in [0.5, 0.6) is 5.75 Å². The Kier molecular flexibility index (Phi) is 5.95. The number of hydrogen-bond acceptors (Lipinski definition) is 4. The van der Waals surface area contributed by atoms with Crippen molar-refractivity contribution < 1.29 is 13.9 Å². The number of anilines is 1. The number of ether oxygens (including phenoxy) is 1. The highest BCUT2D eigenvalue weighted by Crippen LogP contribution is 2.38. The molecule has 1 N–H and O–H groups in total. The fraction of sp³-hybridized carbons (Fsp3) is 0.458. The molecule has 0 aromatic heterocycles. The van der Waals surface area contributed by atoms with Gasteiger partial charge in [0.1, 0.15) is 11.6 Å². The summed E-state index contributed by atoms with van der Waals surface area (Å²) < 4.78 is 18.7. The predicted molar refractivity (Wildman–Crippen MR) is 116 cm³/mol. The minimum absolute atomic E-state index is 0.0950. The van der Waals surface area contributed by atoms with Crippen LogP contribution in [-0.4, -0.2) is 49.6 Å². The van der Waals surface area contributed by atoms with Crippen LogP contribution in [-0.2, 0) is 17.8 Å². The summed E-state index contributed by atoms with van der Waals surface area (Å²) in [4.78, 5) is 17.8. The average molecular weight is 412 g/mol. The number of rotatable bonds is 5. The molecule has 0 bridgehead atoms. The molecule has 2 heterocycles. The molecular weight excluding hydrogens is 381 g/mol. The molecule has 6 heteroatoms. The Labute approximate surface area is 177 Å². The van der Waals surface area contributed by atoms with Crippen molar-refractivity contribution in [3.05, 3.63) is 59.4 Å². The molecule has 4 rings (SSSR count). The number of benzene rings is 2. The summed E-state index contributed by atoms with van der Waals surface area (Å²) in [5.74, 6) is 0.632. The Balaban J connectivity index is 1.59. The maximum atomic E-state index is 13.3. The fourth-order valence-corrected chi connectivity index (χ4v) is 4.65. The van der Waals surface area contributed by atoms with E-state index in [0.717, 1.165) is 43.9 Å². The van der Waals surface area contributed by atoms with Crippen molar-refractivity contribution in [1.82, 2.24) is 10.2 Å². The normalized spacial score (nSPS) is 21.2. The van der Waals surface area contributed by atoms with E-state index in [0.29, 0.717) is 0 Å². The molecule has 2 unspecified atom stereocenters. The maximum absolute atomic E-state index is 13.3. The summed E-state index contributed by atoms with van der Waals surface area (Å²) in [5.41, 5.74) is 3.46. The van der Waals surface area contributed by atoms with Crippen molar-refractivity contribution >= 4 is 11.6 Å². The van der Waals surface area contributed by atoms with Gasteiger partial charge in [-0.1, -0.05) is 18.2 Å². The molecule has 0 saturated carbocycles. The van der Waals surface area contributed by atoms with E-state index in [-0.39, 0.29) is 29.7 Å². The lowest BCUT2D eigenvalue weighted by molar-refractivity contribution is -0.126. The number of hydrogen-bond donors (Lipinski definition) is 1. The molecule has 5 nitrogen and oxygen atoms in total. The summed E-state index contributed by atoms with van der Waals surface area (Å²) >= 11 is 0. The number of nitrogens with one attached hydrogen (secondary N) is 1. The highest BCUT2D eigenvalue weighted by atomic mass is 19.1. The zero-order valence-electron chi connectivity index (χ0n) is 17.9. The van der Waals surface area contributed by atoms with Gasteiger partial charge in [-0.05, 0) is 49.6 Å². The van der Waals surface area contributed by atoms with Crippen LogP contribution >= 0.6 is 0 Å². The first-order chi connectivity index (χ1) is 14.4. The Morgan fingerprint density at radius 3 is 2.67 bits per heavy atom. The molecule has 2 aromatic carbocycles. The molecule has 160 valence electrons. The van der Waals surface area contributed by atoms with Gasteiger partial charge < -0.3 is 15.0 Å². The van der Waals surface area contributed by atoms with Gasteiger partial charge in [0.05, 0.1) is 19.1 Å². The predicted octanol–water partition coefficient (Wildman–Crippen LogP) is 3.22. The van der Waals surface area contributed by atoms with Crippen molar-refractivity contribution in [3.8, 4) is 5.75 Å². The Hall–Kier alpha value is -2.60. The molecule has 0 radical (unpaired) electrons. The standard InChI is InChI=1S/C24H30FN3O2/c1-16(2)26-24(29)21-12-18-6-9-20(30-3)13-22(18)28-11-10-27(15-23(21)28)14-17-4-7-19(25)8-5-17/h4-9,13,16,21,23H,10-12,14-15H2,1-3H3,(H,26,29). The topological polar surface area (TPSA) is 44.8 Å². The SMILES string of the molecule is COc1ccc2c(c1)N1CCN(Cc3ccc(F)cc3)CC1C(C(=O)NC(C)C)C2. The van der Waals surface area contributed by atoms with Crippen molar-refractivity contribution in [1.29, 1.82) is 0 Å². The Morgan fingerprint density at radius 1 is 1.20 bits per heavy atom. The van der Waals surface area contributed by atoms with Crippen LogP contribution in [0.15, 0.2) is 42.5 Å². The van der Waals surface area contributed by atoms with E-state index < -0.39 is 0 Å². The van der Waals surface area contributed by atoms with Gasteiger partial charge >= 0.3 is 0 Å². The lowest BCUT2D eigenvalue weighted by atomic mass is 9.83. The van der Waals surface area contributed by atoms with Crippen molar-refractivity contribution in [2.45, 2.75) is 38.9 Å². The zero-order chi connectivity index (χ0) is 21.3. The van der Waals surface area contributed by atoms with E-state index in [2.05, 4.69) is 27.2 Å². The van der Waals surface area contributed by atoms with Gasteiger partial charge in [0.15, 0.2) is 0 Å². The number of amides is 1. The second-order valence-electron chi connectivity index (χ2n) is 8.59. The molecular formula is C24H30FN3O2. The van der Waals surface area contributed by atoms with Crippen LogP contribution in [0.4, 0.5) is 10.1 Å². The lowest BCUT2D eigenvalue weighted by Crippen LogP contribution is -2.61. The zero-order valence-corrected chi connectivity index (χ0v) is 17.9. The lowest BCUT2D eigenvalue weighted by Gasteiger charge is -2.49. The van der Waals surface area contributed by atoms with Crippen molar-refractivity contribution in [2.24, 2.45) is 5.92 Å². The van der Waals surface area contributed by atoms with Gasteiger partial charge in [0.2, 0.25) is 5.91 Å². The number of fused-ring (bicyclic) bond motifs is 3. The number of halogens is 1. The number of carbonyl (C=O) groups excluding carboxylic acids is 1. The van der Waals surface area contributed by atoms with Gasteiger partial charge in [0.25, 0.3) is 0 Å². The minimum atomic E-state index is -0.216. The molecule has 1 amide bonds. The van der Waals surface area contributed by atoms with Crippen LogP contribution in [0.3, 0.4) is 0 Å². The molecule has 2 atom stereocenters. The summed E-state index contributed by atoms with van der Waals surface area (Å²) in [6.07, 6.45) is 0.726. The van der Waals surface area contributed by atoms with Gasteiger partial charge in [-0.3, -0.25) is 9.69 Å². The van der Waals surface area contributed by atoms with E-state index >= 15 is 0 Å². The van der Waals surface area contributed by atoms with Gasteiger partial charge in [-0.2, -0.15) is 0 Å². The highest BCUT2D eigenvalue weighted by molar-refractivity contribution is 5.82. The largest absolute Gasteiger partial charge is 0.497 e. The molecule has 1 fully saturated rings. The molecule has 0 spiro atoms. The van der Waals surface area contributed by atoms with Gasteiger partial charge in [-0.25, -0.2) is 4.39 Å². The Morgan fingerprint density at radius 2 is 1.97 bits per heavy atom. The second kappa shape index (κ2) is 8.64. The number of nitrogens with zero attached hydrogens (tertiary/aromatic N) is 2. The molecule has 0 aliphatic carbocycles. The van der Waals surface area contributed by atoms with Crippen LogP contribution in [0.25, 0.3) is 0 Å². The molecule has 30 heavy (non-hydrogen) atoms.